The number of para-hydroxylation sites is 1. The molecule has 0 fully saturated rings. The van der Waals surface area contributed by atoms with Crippen molar-refractivity contribution in [3.05, 3.63) is 102 Å². The van der Waals surface area contributed by atoms with Crippen LogP contribution in [0.1, 0.15) is 11.1 Å². The highest BCUT2D eigenvalue weighted by atomic mass is 14.9. The van der Waals surface area contributed by atoms with E-state index >= 15 is 0 Å². The number of pyridine rings is 1. The molecule has 0 aliphatic carbocycles. The summed E-state index contributed by atoms with van der Waals surface area (Å²) in [5.74, 6) is 0. The van der Waals surface area contributed by atoms with E-state index in [0.717, 1.165) is 28.2 Å². The molecule has 1 heterocycles. The Hall–Kier alpha value is -3.27. The summed E-state index contributed by atoms with van der Waals surface area (Å²) in [5.41, 5.74) is 11.3. The van der Waals surface area contributed by atoms with E-state index in [4.69, 9.17) is 5.73 Å². The van der Waals surface area contributed by atoms with Crippen LogP contribution in [-0.2, 0) is 6.54 Å². The van der Waals surface area contributed by atoms with Gasteiger partial charge in [0.2, 0.25) is 0 Å². The lowest BCUT2D eigenvalue weighted by molar-refractivity contribution is 0.870. The quantitative estimate of drug-likeness (QED) is 0.619. The molecule has 1 aromatic heterocycles. The summed E-state index contributed by atoms with van der Waals surface area (Å²) in [6.45, 7) is 1.23. The number of nitrogens with two attached hydrogens (primary N) is 1. The summed E-state index contributed by atoms with van der Waals surface area (Å²) in [5, 5.41) is 6.82. The third-order valence-electron chi connectivity index (χ3n) is 3.83. The van der Waals surface area contributed by atoms with Gasteiger partial charge >= 0.3 is 0 Å². The van der Waals surface area contributed by atoms with Crippen LogP contribution in [0.4, 0.5) is 5.69 Å². The molecule has 0 aliphatic heterocycles. The summed E-state index contributed by atoms with van der Waals surface area (Å²) in [6, 6.07) is 24.2. The van der Waals surface area contributed by atoms with Gasteiger partial charge in [-0.2, -0.15) is 0 Å². The molecule has 0 aliphatic rings. The SMILES string of the molecule is N/C(CNc1ccccc1)=C(\NCc1cccnc1)c1ccccc1. The molecule has 3 aromatic rings. The topological polar surface area (TPSA) is 63.0 Å². The maximum atomic E-state index is 6.40. The van der Waals surface area contributed by atoms with Gasteiger partial charge in [-0.25, -0.2) is 0 Å². The lowest BCUT2D eigenvalue weighted by atomic mass is 10.1. The molecule has 0 unspecified atom stereocenters. The predicted molar refractivity (Wildman–Crippen MR) is 104 cm³/mol. The molecule has 3 rings (SSSR count). The lowest BCUT2D eigenvalue weighted by Crippen LogP contribution is -2.21. The minimum atomic E-state index is 0.564. The first-order valence-electron chi connectivity index (χ1n) is 8.28. The standard InChI is InChI=1S/C21H22N4/c22-20(16-24-19-11-5-2-6-12-19)21(18-9-3-1-4-10-18)25-15-17-8-7-13-23-14-17/h1-14,24-25H,15-16,22H2/b21-20-. The van der Waals surface area contributed by atoms with E-state index in [1.165, 1.54) is 0 Å². The van der Waals surface area contributed by atoms with Gasteiger partial charge in [-0.3, -0.25) is 4.98 Å². The van der Waals surface area contributed by atoms with E-state index in [1.807, 2.05) is 66.9 Å². The van der Waals surface area contributed by atoms with Crippen LogP contribution < -0.4 is 16.4 Å². The minimum absolute atomic E-state index is 0.564. The Morgan fingerprint density at radius 3 is 2.28 bits per heavy atom. The molecule has 126 valence electrons. The molecule has 0 atom stereocenters. The number of nitrogens with one attached hydrogen (secondary N) is 2. The number of nitrogens with zero attached hydrogens (tertiary/aromatic N) is 1. The van der Waals surface area contributed by atoms with Gasteiger partial charge in [0.15, 0.2) is 0 Å². The van der Waals surface area contributed by atoms with Crippen LogP contribution in [-0.4, -0.2) is 11.5 Å². The number of anilines is 1. The molecule has 0 saturated heterocycles. The Kier molecular flexibility index (Phi) is 5.67. The molecule has 4 nitrogen and oxygen atoms in total. The molecule has 4 N–H and O–H groups in total. The Bertz CT molecular complexity index is 799. The van der Waals surface area contributed by atoms with Crippen LogP contribution in [0.2, 0.25) is 0 Å². The van der Waals surface area contributed by atoms with Gasteiger partial charge in [0.25, 0.3) is 0 Å². The molecular weight excluding hydrogens is 308 g/mol. The van der Waals surface area contributed by atoms with Crippen molar-refractivity contribution in [1.82, 2.24) is 10.3 Å². The highest BCUT2D eigenvalue weighted by Crippen LogP contribution is 2.15. The highest BCUT2D eigenvalue weighted by Gasteiger charge is 2.07. The second kappa shape index (κ2) is 8.55. The Labute approximate surface area is 148 Å². The molecule has 4 heteroatoms. The second-order valence-corrected chi connectivity index (χ2v) is 5.70. The van der Waals surface area contributed by atoms with Gasteiger partial charge in [-0.15, -0.1) is 0 Å². The van der Waals surface area contributed by atoms with Crippen molar-refractivity contribution >= 4 is 11.4 Å². The molecule has 0 saturated carbocycles. The number of hydrogen-bond acceptors (Lipinski definition) is 4. The van der Waals surface area contributed by atoms with E-state index < -0.39 is 0 Å². The second-order valence-electron chi connectivity index (χ2n) is 5.70. The van der Waals surface area contributed by atoms with E-state index in [9.17, 15) is 0 Å². The molecule has 2 aromatic carbocycles. The van der Waals surface area contributed by atoms with Gasteiger partial charge in [0.05, 0.1) is 17.9 Å². The summed E-state index contributed by atoms with van der Waals surface area (Å²) in [6.07, 6.45) is 3.63. The number of hydrogen-bond donors (Lipinski definition) is 3. The molecular formula is C21H22N4. The van der Waals surface area contributed by atoms with Crippen LogP contribution in [0, 0.1) is 0 Å². The van der Waals surface area contributed by atoms with Crippen molar-refractivity contribution < 1.29 is 0 Å². The van der Waals surface area contributed by atoms with Crippen molar-refractivity contribution in [3.63, 3.8) is 0 Å². The van der Waals surface area contributed by atoms with Crippen LogP contribution in [0.5, 0.6) is 0 Å². The van der Waals surface area contributed by atoms with Crippen molar-refractivity contribution in [1.29, 1.82) is 0 Å². The average Bonchev–Trinajstić information content (AvgIpc) is 2.69. The molecule has 0 spiro atoms. The molecule has 0 amide bonds. The van der Waals surface area contributed by atoms with Crippen molar-refractivity contribution in [2.75, 3.05) is 11.9 Å². The highest BCUT2D eigenvalue weighted by molar-refractivity contribution is 5.67. The number of rotatable bonds is 7. The number of benzene rings is 2. The van der Waals surface area contributed by atoms with Crippen LogP contribution in [0.25, 0.3) is 5.70 Å². The Morgan fingerprint density at radius 2 is 1.60 bits per heavy atom. The maximum absolute atomic E-state index is 6.40. The molecule has 25 heavy (non-hydrogen) atoms. The fraction of sp³-hybridized carbons (Fsp3) is 0.0952. The Balaban J connectivity index is 1.77. The van der Waals surface area contributed by atoms with E-state index in [-0.39, 0.29) is 0 Å². The van der Waals surface area contributed by atoms with Crippen molar-refractivity contribution in [2.24, 2.45) is 5.73 Å². The first-order valence-corrected chi connectivity index (χ1v) is 8.28. The third-order valence-corrected chi connectivity index (χ3v) is 3.83. The monoisotopic (exact) mass is 330 g/mol. The normalized spacial score (nSPS) is 11.5. The third kappa shape index (κ3) is 4.85. The van der Waals surface area contributed by atoms with Gasteiger partial charge in [0.1, 0.15) is 0 Å². The largest absolute Gasteiger partial charge is 0.399 e. The Morgan fingerprint density at radius 1 is 0.880 bits per heavy atom. The van der Waals surface area contributed by atoms with Gasteiger partial charge in [-0.1, -0.05) is 54.6 Å². The van der Waals surface area contributed by atoms with Crippen LogP contribution in [0.15, 0.2) is 90.9 Å². The number of aromatic nitrogens is 1. The van der Waals surface area contributed by atoms with E-state index in [0.29, 0.717) is 13.1 Å². The first kappa shape index (κ1) is 16.6. The zero-order chi connectivity index (χ0) is 17.3. The van der Waals surface area contributed by atoms with E-state index in [1.54, 1.807) is 6.20 Å². The first-order chi connectivity index (χ1) is 12.3. The summed E-state index contributed by atoms with van der Waals surface area (Å²) >= 11 is 0. The maximum Gasteiger partial charge on any atom is 0.0625 e. The molecule has 0 bridgehead atoms. The molecule has 0 radical (unpaired) electrons. The van der Waals surface area contributed by atoms with Crippen molar-refractivity contribution in [3.8, 4) is 0 Å². The zero-order valence-electron chi connectivity index (χ0n) is 14.0. The fourth-order valence-corrected chi connectivity index (χ4v) is 2.54. The van der Waals surface area contributed by atoms with Gasteiger partial charge < -0.3 is 16.4 Å². The summed E-state index contributed by atoms with van der Waals surface area (Å²) in [4.78, 5) is 4.16. The minimum Gasteiger partial charge on any atom is -0.399 e. The van der Waals surface area contributed by atoms with Crippen LogP contribution >= 0.6 is 0 Å². The summed E-state index contributed by atoms with van der Waals surface area (Å²) < 4.78 is 0. The zero-order valence-corrected chi connectivity index (χ0v) is 14.0. The van der Waals surface area contributed by atoms with Gasteiger partial charge in [-0.05, 0) is 29.3 Å². The fourth-order valence-electron chi connectivity index (χ4n) is 2.54. The lowest BCUT2D eigenvalue weighted by Gasteiger charge is -2.16. The van der Waals surface area contributed by atoms with Crippen molar-refractivity contribution in [2.45, 2.75) is 6.54 Å². The van der Waals surface area contributed by atoms with E-state index in [2.05, 4.69) is 27.8 Å². The van der Waals surface area contributed by atoms with Gasteiger partial charge in [0, 0.05) is 24.6 Å². The predicted octanol–water partition coefficient (Wildman–Crippen LogP) is 3.61. The van der Waals surface area contributed by atoms with Crippen LogP contribution in [0.3, 0.4) is 0 Å². The summed E-state index contributed by atoms with van der Waals surface area (Å²) in [7, 11) is 0. The smallest absolute Gasteiger partial charge is 0.0625 e. The average molecular weight is 330 g/mol.